The monoisotopic (exact) mass is 350 g/mol. The molecule has 0 aromatic heterocycles. The van der Waals surface area contributed by atoms with Crippen LogP contribution in [0.2, 0.25) is 5.02 Å². The van der Waals surface area contributed by atoms with Crippen LogP contribution in [-0.4, -0.2) is 5.91 Å². The van der Waals surface area contributed by atoms with Gasteiger partial charge in [-0.15, -0.1) is 0 Å². The fraction of sp³-hybridized carbons (Fsp3) is 0.462. The van der Waals surface area contributed by atoms with Gasteiger partial charge in [-0.1, -0.05) is 25.4 Å². The van der Waals surface area contributed by atoms with Gasteiger partial charge in [0.2, 0.25) is 5.91 Å². The number of primary amides is 1. The van der Waals surface area contributed by atoms with Crippen molar-refractivity contribution in [2.45, 2.75) is 32.7 Å². The Balaban J connectivity index is 2.92. The summed E-state index contributed by atoms with van der Waals surface area (Å²) in [6.45, 7) is 3.74. The van der Waals surface area contributed by atoms with Crippen molar-refractivity contribution < 1.29 is 9.18 Å². The lowest BCUT2D eigenvalue weighted by Crippen LogP contribution is -2.27. The summed E-state index contributed by atoms with van der Waals surface area (Å²) in [5.41, 5.74) is 11.1. The zero-order valence-electron chi connectivity index (χ0n) is 10.8. The van der Waals surface area contributed by atoms with Crippen LogP contribution >= 0.6 is 27.5 Å². The Hall–Kier alpha value is -0.650. The molecule has 1 amide bonds. The highest BCUT2D eigenvalue weighted by Crippen LogP contribution is 2.35. The molecule has 6 heteroatoms. The van der Waals surface area contributed by atoms with E-state index in [1.54, 1.807) is 0 Å². The zero-order valence-corrected chi connectivity index (χ0v) is 13.2. The third-order valence-electron chi connectivity index (χ3n) is 2.86. The smallest absolute Gasteiger partial charge is 0.217 e. The first-order chi connectivity index (χ1) is 8.62. The molecule has 1 atom stereocenters. The molecular weight excluding hydrogens is 335 g/mol. The summed E-state index contributed by atoms with van der Waals surface area (Å²) in [6, 6.07) is 2.25. The summed E-state index contributed by atoms with van der Waals surface area (Å²) in [5.74, 6) is -0.815. The second-order valence-corrected chi connectivity index (χ2v) is 6.67. The molecule has 1 aromatic carbocycles. The lowest BCUT2D eigenvalue weighted by molar-refractivity contribution is -0.120. The molecule has 4 N–H and O–H groups in total. The van der Waals surface area contributed by atoms with Crippen LogP contribution in [-0.2, 0) is 4.79 Å². The van der Waals surface area contributed by atoms with Crippen LogP contribution in [0.15, 0.2) is 16.6 Å². The fourth-order valence-corrected chi connectivity index (χ4v) is 2.56. The average molecular weight is 352 g/mol. The van der Waals surface area contributed by atoms with E-state index in [0.29, 0.717) is 21.5 Å². The van der Waals surface area contributed by atoms with Crippen molar-refractivity contribution in [2.24, 2.45) is 16.9 Å². The SMILES string of the molecule is CC(C)(CC(N)=O)CC(N)c1cc(Cl)c(Br)cc1F. The first-order valence-corrected chi connectivity index (χ1v) is 6.98. The van der Waals surface area contributed by atoms with E-state index >= 15 is 0 Å². The Kier molecular flexibility index (Phi) is 5.35. The maximum atomic E-state index is 13.9. The van der Waals surface area contributed by atoms with Gasteiger partial charge in [-0.3, -0.25) is 4.79 Å². The molecular formula is C13H17BrClFN2O. The summed E-state index contributed by atoms with van der Waals surface area (Å²) < 4.78 is 14.3. The summed E-state index contributed by atoms with van der Waals surface area (Å²) in [4.78, 5) is 11.0. The molecule has 0 radical (unpaired) electrons. The second kappa shape index (κ2) is 6.20. The molecule has 1 rings (SSSR count). The quantitative estimate of drug-likeness (QED) is 0.797. The van der Waals surface area contributed by atoms with Crippen molar-refractivity contribution in [3.05, 3.63) is 33.0 Å². The third-order valence-corrected chi connectivity index (χ3v) is 4.06. The molecule has 0 fully saturated rings. The maximum absolute atomic E-state index is 13.9. The van der Waals surface area contributed by atoms with Crippen LogP contribution in [0.4, 0.5) is 4.39 Å². The number of carbonyl (C=O) groups is 1. The van der Waals surface area contributed by atoms with Gasteiger partial charge in [-0.05, 0) is 39.9 Å². The average Bonchev–Trinajstić information content (AvgIpc) is 2.20. The number of halogens is 3. The van der Waals surface area contributed by atoms with Crippen molar-refractivity contribution in [3.8, 4) is 0 Å². The number of amides is 1. The molecule has 3 nitrogen and oxygen atoms in total. The number of nitrogens with two attached hydrogens (primary N) is 2. The van der Waals surface area contributed by atoms with E-state index in [0.717, 1.165) is 0 Å². The van der Waals surface area contributed by atoms with Crippen molar-refractivity contribution in [1.29, 1.82) is 0 Å². The van der Waals surface area contributed by atoms with Gasteiger partial charge < -0.3 is 11.5 Å². The normalized spacial score (nSPS) is 13.4. The Morgan fingerprint density at radius 2 is 2.11 bits per heavy atom. The first kappa shape index (κ1) is 16.4. The minimum atomic E-state index is -0.542. The lowest BCUT2D eigenvalue weighted by atomic mass is 9.81. The predicted molar refractivity (Wildman–Crippen MR) is 78.2 cm³/mol. The van der Waals surface area contributed by atoms with Crippen molar-refractivity contribution in [2.75, 3.05) is 0 Å². The Bertz CT molecular complexity index is 494. The lowest BCUT2D eigenvalue weighted by Gasteiger charge is -2.27. The minimum Gasteiger partial charge on any atom is -0.370 e. The molecule has 0 saturated carbocycles. The highest BCUT2D eigenvalue weighted by atomic mass is 79.9. The number of benzene rings is 1. The highest BCUT2D eigenvalue weighted by molar-refractivity contribution is 9.10. The summed E-state index contributed by atoms with van der Waals surface area (Å²) in [7, 11) is 0. The summed E-state index contributed by atoms with van der Waals surface area (Å²) in [5, 5.41) is 0.402. The Morgan fingerprint density at radius 1 is 1.53 bits per heavy atom. The van der Waals surface area contributed by atoms with Crippen LogP contribution in [0, 0.1) is 11.2 Å². The van der Waals surface area contributed by atoms with Crippen molar-refractivity contribution >= 4 is 33.4 Å². The van der Waals surface area contributed by atoms with E-state index in [1.165, 1.54) is 12.1 Å². The van der Waals surface area contributed by atoms with Gasteiger partial charge in [0.05, 0.1) is 5.02 Å². The van der Waals surface area contributed by atoms with E-state index in [-0.39, 0.29) is 6.42 Å². The Labute approximate surface area is 125 Å². The molecule has 1 aromatic rings. The summed E-state index contributed by atoms with van der Waals surface area (Å²) >= 11 is 9.09. The second-order valence-electron chi connectivity index (χ2n) is 5.41. The van der Waals surface area contributed by atoms with Crippen LogP contribution in [0.1, 0.15) is 38.3 Å². The zero-order chi connectivity index (χ0) is 14.8. The van der Waals surface area contributed by atoms with Crippen LogP contribution in [0.25, 0.3) is 0 Å². The number of hydrogen-bond acceptors (Lipinski definition) is 2. The highest BCUT2D eigenvalue weighted by Gasteiger charge is 2.26. The van der Waals surface area contributed by atoms with Gasteiger partial charge in [-0.2, -0.15) is 0 Å². The van der Waals surface area contributed by atoms with Gasteiger partial charge >= 0.3 is 0 Å². The molecule has 1 unspecified atom stereocenters. The molecule has 0 aliphatic rings. The molecule has 0 spiro atoms. The molecule has 0 bridgehead atoms. The molecule has 19 heavy (non-hydrogen) atoms. The van der Waals surface area contributed by atoms with Gasteiger partial charge in [0.25, 0.3) is 0 Å². The van der Waals surface area contributed by atoms with Crippen LogP contribution in [0.5, 0.6) is 0 Å². The maximum Gasteiger partial charge on any atom is 0.217 e. The topological polar surface area (TPSA) is 69.1 Å². The molecule has 0 aliphatic heterocycles. The molecule has 0 aliphatic carbocycles. The van der Waals surface area contributed by atoms with Gasteiger partial charge in [0.1, 0.15) is 5.82 Å². The summed E-state index contributed by atoms with van der Waals surface area (Å²) in [6.07, 6.45) is 0.636. The minimum absolute atomic E-state index is 0.201. The third kappa shape index (κ3) is 4.75. The molecule has 0 heterocycles. The van der Waals surface area contributed by atoms with Gasteiger partial charge in [0.15, 0.2) is 0 Å². The standard InChI is InChI=1S/C13H17BrClFN2O/c1-13(2,6-12(18)19)5-11(17)7-3-9(15)8(14)4-10(7)16/h3-4,11H,5-6,17H2,1-2H3,(H2,18,19). The van der Waals surface area contributed by atoms with E-state index < -0.39 is 23.2 Å². The first-order valence-electron chi connectivity index (χ1n) is 5.81. The molecule has 106 valence electrons. The molecule has 0 saturated heterocycles. The van der Waals surface area contributed by atoms with Gasteiger partial charge in [-0.25, -0.2) is 4.39 Å². The van der Waals surface area contributed by atoms with Crippen molar-refractivity contribution in [3.63, 3.8) is 0 Å². The predicted octanol–water partition coefficient (Wildman–Crippen LogP) is 3.53. The van der Waals surface area contributed by atoms with Crippen LogP contribution in [0.3, 0.4) is 0 Å². The van der Waals surface area contributed by atoms with E-state index in [2.05, 4.69) is 15.9 Å². The van der Waals surface area contributed by atoms with E-state index in [9.17, 15) is 9.18 Å². The Morgan fingerprint density at radius 3 is 2.63 bits per heavy atom. The fourth-order valence-electron chi connectivity index (χ4n) is 2.07. The number of carbonyl (C=O) groups excluding carboxylic acids is 1. The number of hydrogen-bond donors (Lipinski definition) is 2. The van der Waals surface area contributed by atoms with E-state index in [4.69, 9.17) is 23.1 Å². The number of rotatable bonds is 5. The van der Waals surface area contributed by atoms with Crippen LogP contribution < -0.4 is 11.5 Å². The van der Waals surface area contributed by atoms with Crippen molar-refractivity contribution in [1.82, 2.24) is 0 Å². The van der Waals surface area contributed by atoms with Gasteiger partial charge in [0, 0.05) is 22.5 Å². The van der Waals surface area contributed by atoms with E-state index in [1.807, 2.05) is 13.8 Å². The largest absolute Gasteiger partial charge is 0.370 e.